The van der Waals surface area contributed by atoms with E-state index in [2.05, 4.69) is 45.6 Å². The zero-order valence-electron chi connectivity index (χ0n) is 33.6. The van der Waals surface area contributed by atoms with E-state index in [1.54, 1.807) is 18.3 Å². The maximum Gasteiger partial charge on any atom is 0.299 e. The third-order valence-corrected chi connectivity index (χ3v) is 12.6. The van der Waals surface area contributed by atoms with Gasteiger partial charge in [-0.25, -0.2) is 9.97 Å². The van der Waals surface area contributed by atoms with Crippen molar-refractivity contribution in [3.8, 4) is 28.3 Å². The van der Waals surface area contributed by atoms with Crippen LogP contribution in [-0.2, 0) is 0 Å². The molecule has 4 aliphatic heterocycles. The number of hydrogen-bond donors (Lipinski definition) is 1. The Balaban J connectivity index is 0.000000152. The molecule has 4 aromatic heterocycles. The third kappa shape index (κ3) is 8.79. The number of benzene rings is 2. The molecule has 10 rings (SSSR count). The van der Waals surface area contributed by atoms with Crippen LogP contribution in [-0.4, -0.2) is 100 Å². The fourth-order valence-corrected chi connectivity index (χ4v) is 9.18. The number of nitrogens with two attached hydrogens (primary N) is 1. The van der Waals surface area contributed by atoms with Gasteiger partial charge >= 0.3 is 0 Å². The number of piperidine rings is 4. The van der Waals surface area contributed by atoms with Gasteiger partial charge in [0.25, 0.3) is 12.0 Å². The number of carbonyl (C=O) groups is 1. The fraction of sp³-hybridized carbons (Fsp3) is 0.435. The van der Waals surface area contributed by atoms with Crippen LogP contribution in [0.25, 0.3) is 44.7 Å². The lowest BCUT2D eigenvalue weighted by Crippen LogP contribution is -2.46. The molecule has 4 fully saturated rings. The van der Waals surface area contributed by atoms with Crippen molar-refractivity contribution in [1.29, 1.82) is 5.26 Å². The minimum Gasteiger partial charge on any atom is -0.422 e. The summed E-state index contributed by atoms with van der Waals surface area (Å²) in [5.41, 5.74) is 13.0. The predicted octanol–water partition coefficient (Wildman–Crippen LogP) is 7.66. The van der Waals surface area contributed by atoms with E-state index in [1.807, 2.05) is 54.7 Å². The van der Waals surface area contributed by atoms with E-state index in [-0.39, 0.29) is 0 Å². The molecule has 59 heavy (non-hydrogen) atoms. The maximum absolute atomic E-state index is 11.3. The van der Waals surface area contributed by atoms with Crippen molar-refractivity contribution in [3.05, 3.63) is 84.2 Å². The Morgan fingerprint density at radius 2 is 1.02 bits per heavy atom. The molecule has 8 heterocycles. The second-order valence-corrected chi connectivity index (χ2v) is 16.3. The summed E-state index contributed by atoms with van der Waals surface area (Å²) in [6, 6.07) is 23.5. The number of rotatable bonds is 7. The summed E-state index contributed by atoms with van der Waals surface area (Å²) in [4.78, 5) is 39.3. The van der Waals surface area contributed by atoms with Gasteiger partial charge in [-0.15, -0.1) is 0 Å². The lowest BCUT2D eigenvalue weighted by atomic mass is 10.0. The third-order valence-electron chi connectivity index (χ3n) is 12.6. The van der Waals surface area contributed by atoms with Crippen LogP contribution in [0.3, 0.4) is 0 Å². The summed E-state index contributed by atoms with van der Waals surface area (Å²) < 4.78 is 12.2. The van der Waals surface area contributed by atoms with Gasteiger partial charge in [0.2, 0.25) is 17.2 Å². The number of hydrogen-bond acceptors (Lipinski definition) is 12. The minimum absolute atomic E-state index is 0.431. The summed E-state index contributed by atoms with van der Waals surface area (Å²) in [5.74, 6) is -0.431. The van der Waals surface area contributed by atoms with Gasteiger partial charge in [-0.1, -0.05) is 37.1 Å². The first-order valence-corrected chi connectivity index (χ1v) is 21.4. The van der Waals surface area contributed by atoms with Gasteiger partial charge in [-0.3, -0.25) is 4.79 Å². The smallest absolute Gasteiger partial charge is 0.299 e. The van der Waals surface area contributed by atoms with Gasteiger partial charge in [0.05, 0.1) is 11.6 Å². The molecule has 0 atom stereocenters. The van der Waals surface area contributed by atoms with Crippen LogP contribution < -0.4 is 15.5 Å². The van der Waals surface area contributed by atoms with E-state index >= 15 is 0 Å². The van der Waals surface area contributed by atoms with Crippen LogP contribution in [0, 0.1) is 11.3 Å². The zero-order chi connectivity index (χ0) is 40.1. The molecule has 304 valence electrons. The molecule has 2 aromatic carbocycles. The summed E-state index contributed by atoms with van der Waals surface area (Å²) in [6.07, 6.45) is 16.4. The van der Waals surface area contributed by atoms with E-state index < -0.39 is 5.91 Å². The van der Waals surface area contributed by atoms with Crippen molar-refractivity contribution in [3.63, 3.8) is 0 Å². The largest absolute Gasteiger partial charge is 0.422 e. The van der Waals surface area contributed by atoms with Crippen LogP contribution in [0.4, 0.5) is 12.0 Å². The first-order valence-electron chi connectivity index (χ1n) is 21.4. The van der Waals surface area contributed by atoms with E-state index in [9.17, 15) is 4.79 Å². The number of fused-ring (bicyclic) bond motifs is 2. The number of nitriles is 1. The van der Waals surface area contributed by atoms with E-state index in [1.165, 1.54) is 77.5 Å². The summed E-state index contributed by atoms with van der Waals surface area (Å²) in [6.45, 7) is 8.92. The average molecular weight is 793 g/mol. The summed E-state index contributed by atoms with van der Waals surface area (Å²) in [5, 5.41) is 8.96. The Bertz CT molecular complexity index is 2390. The Kier molecular flexibility index (Phi) is 11.5. The molecule has 0 radical (unpaired) electrons. The second kappa shape index (κ2) is 17.6. The second-order valence-electron chi connectivity index (χ2n) is 16.3. The maximum atomic E-state index is 11.3. The van der Waals surface area contributed by atoms with Crippen molar-refractivity contribution >= 4 is 40.4 Å². The topological polar surface area (TPSA) is 158 Å². The lowest BCUT2D eigenvalue weighted by molar-refractivity contribution is 0.1000. The lowest BCUT2D eigenvalue weighted by Gasteiger charge is -2.39. The highest BCUT2D eigenvalue weighted by Crippen LogP contribution is 2.31. The Morgan fingerprint density at radius 1 is 0.593 bits per heavy atom. The van der Waals surface area contributed by atoms with Crippen LogP contribution in [0.15, 0.2) is 81.9 Å². The van der Waals surface area contributed by atoms with Crippen LogP contribution >= 0.6 is 0 Å². The van der Waals surface area contributed by atoms with Gasteiger partial charge < -0.3 is 34.2 Å². The van der Waals surface area contributed by atoms with Gasteiger partial charge in [0.15, 0.2) is 11.2 Å². The van der Waals surface area contributed by atoms with Crippen LogP contribution in [0.1, 0.15) is 80.1 Å². The normalized spacial score (nSPS) is 18.8. The van der Waals surface area contributed by atoms with Gasteiger partial charge in [0, 0.05) is 67.3 Å². The molecular formula is C46H52N10O3. The van der Waals surface area contributed by atoms with Gasteiger partial charge in [0.1, 0.15) is 0 Å². The van der Waals surface area contributed by atoms with Crippen LogP contribution in [0.2, 0.25) is 0 Å². The highest BCUT2D eigenvalue weighted by molar-refractivity contribution is 5.93. The number of oxazole rings is 2. The number of likely N-dealkylation sites (tertiary alicyclic amines) is 2. The number of amides is 1. The molecule has 4 saturated heterocycles. The molecule has 4 aliphatic rings. The first-order chi connectivity index (χ1) is 29.0. The molecule has 13 heteroatoms. The zero-order valence-corrected chi connectivity index (χ0v) is 33.6. The first kappa shape index (κ1) is 38.7. The van der Waals surface area contributed by atoms with Crippen molar-refractivity contribution in [2.75, 3.05) is 62.2 Å². The molecule has 0 unspecified atom stereocenters. The van der Waals surface area contributed by atoms with Gasteiger partial charge in [-0.05, 0) is 125 Å². The standard InChI is InChI=1S/C23H27N5O2.C23H25N5O/c24-21(29)17-6-4-16(5-7-17)18-14-20-22(25-15-18)26-23(30-20)28-12-8-19(9-13-28)27-10-2-1-3-11-27;24-15-17-4-6-18(7-5-17)19-14-21-22(25-16-19)26-23(29-21)28-12-8-20(9-13-28)27-10-2-1-3-11-27/h4-7,14-15,19H,1-3,8-13H2,(H2,24,29);4-7,14,16,20H,1-3,8-13H2. The monoisotopic (exact) mass is 792 g/mol. The van der Waals surface area contributed by atoms with Crippen molar-refractivity contribution < 1.29 is 13.6 Å². The number of nitrogens with zero attached hydrogens (tertiary/aromatic N) is 9. The molecule has 2 N–H and O–H groups in total. The van der Waals surface area contributed by atoms with Gasteiger partial charge in [-0.2, -0.15) is 15.2 Å². The molecule has 0 aliphatic carbocycles. The summed E-state index contributed by atoms with van der Waals surface area (Å²) >= 11 is 0. The van der Waals surface area contributed by atoms with Crippen LogP contribution in [0.5, 0.6) is 0 Å². The highest BCUT2D eigenvalue weighted by Gasteiger charge is 2.29. The number of aromatic nitrogens is 4. The Morgan fingerprint density at radius 3 is 1.42 bits per heavy atom. The molecule has 1 amide bonds. The number of primary amides is 1. The fourth-order valence-electron chi connectivity index (χ4n) is 9.18. The molecule has 0 bridgehead atoms. The number of carbonyl (C=O) groups excluding carboxylic acids is 1. The summed E-state index contributed by atoms with van der Waals surface area (Å²) in [7, 11) is 0. The van der Waals surface area contributed by atoms with E-state index in [0.717, 1.165) is 61.3 Å². The van der Waals surface area contributed by atoms with Crippen molar-refractivity contribution in [2.45, 2.75) is 76.3 Å². The Labute approximate surface area is 344 Å². The average Bonchev–Trinajstić information content (AvgIpc) is 3.94. The highest BCUT2D eigenvalue weighted by atomic mass is 16.4. The minimum atomic E-state index is -0.431. The quantitative estimate of drug-likeness (QED) is 0.169. The van der Waals surface area contributed by atoms with Crippen molar-refractivity contribution in [2.24, 2.45) is 5.73 Å². The van der Waals surface area contributed by atoms with Crippen molar-refractivity contribution in [1.82, 2.24) is 29.7 Å². The number of pyridine rings is 2. The predicted molar refractivity (Wildman–Crippen MR) is 229 cm³/mol. The molecule has 0 saturated carbocycles. The Hall–Kier alpha value is -5.84. The SMILES string of the molecule is N#Cc1ccc(-c2cnc3nc(N4CCC(N5CCCCC5)CC4)oc3c2)cc1.NC(=O)c1ccc(-c2cnc3nc(N4CCC(N5CCCCC5)CC4)oc3c2)cc1. The molecule has 13 nitrogen and oxygen atoms in total. The molecule has 6 aromatic rings. The van der Waals surface area contributed by atoms with E-state index in [0.29, 0.717) is 57.7 Å². The van der Waals surface area contributed by atoms with E-state index in [4.69, 9.17) is 19.8 Å². The molecule has 0 spiro atoms. The molecular weight excluding hydrogens is 741 g/mol. The number of anilines is 2.